The number of primary amides is 1. The van der Waals surface area contributed by atoms with Crippen LogP contribution >= 0.6 is 0 Å². The summed E-state index contributed by atoms with van der Waals surface area (Å²) in [5, 5.41) is 11.0. The van der Waals surface area contributed by atoms with Crippen molar-refractivity contribution in [2.75, 3.05) is 11.9 Å². The molecule has 0 bridgehead atoms. The van der Waals surface area contributed by atoms with Crippen LogP contribution in [0, 0.1) is 5.82 Å². The summed E-state index contributed by atoms with van der Waals surface area (Å²) in [5.41, 5.74) is 4.99. The van der Waals surface area contributed by atoms with E-state index in [2.05, 4.69) is 5.32 Å². The summed E-state index contributed by atoms with van der Waals surface area (Å²) in [7, 11) is 0. The highest BCUT2D eigenvalue weighted by Gasteiger charge is 2.10. The van der Waals surface area contributed by atoms with Gasteiger partial charge in [-0.25, -0.2) is 4.39 Å². The van der Waals surface area contributed by atoms with Gasteiger partial charge in [0, 0.05) is 18.7 Å². The van der Waals surface area contributed by atoms with Crippen LogP contribution in [0.4, 0.5) is 10.1 Å². The first-order chi connectivity index (χ1) is 8.04. The lowest BCUT2D eigenvalue weighted by Gasteiger charge is -2.06. The van der Waals surface area contributed by atoms with Gasteiger partial charge in [-0.3, -0.25) is 9.59 Å². The molecular formula is C11H13FN2O3. The molecule has 0 aromatic heterocycles. The van der Waals surface area contributed by atoms with Crippen molar-refractivity contribution in [2.45, 2.75) is 12.8 Å². The standard InChI is InChI=1S/C11H13FN2O3/c12-9-4-3-7(6-8(9)11(13)17)14-10(16)2-1-5-15/h3-4,6,15H,1-2,5H2,(H2,13,17)(H,14,16). The second kappa shape index (κ2) is 5.95. The van der Waals surface area contributed by atoms with Crippen LogP contribution in [0.25, 0.3) is 0 Å². The molecule has 17 heavy (non-hydrogen) atoms. The molecule has 0 radical (unpaired) electrons. The quantitative estimate of drug-likeness (QED) is 0.705. The van der Waals surface area contributed by atoms with Gasteiger partial charge in [0.05, 0.1) is 5.56 Å². The van der Waals surface area contributed by atoms with E-state index in [1.807, 2.05) is 0 Å². The maximum atomic E-state index is 13.1. The third-order valence-corrected chi connectivity index (χ3v) is 2.08. The van der Waals surface area contributed by atoms with Gasteiger partial charge in [-0.15, -0.1) is 0 Å². The molecule has 1 aromatic rings. The van der Waals surface area contributed by atoms with Crippen LogP contribution in [0.2, 0.25) is 0 Å². The Labute approximate surface area is 97.4 Å². The van der Waals surface area contributed by atoms with Crippen molar-refractivity contribution in [3.05, 3.63) is 29.6 Å². The van der Waals surface area contributed by atoms with Gasteiger partial charge in [0.25, 0.3) is 5.91 Å². The van der Waals surface area contributed by atoms with E-state index in [1.165, 1.54) is 12.1 Å². The van der Waals surface area contributed by atoms with Crippen LogP contribution in [-0.2, 0) is 4.79 Å². The number of rotatable bonds is 5. The number of nitrogens with two attached hydrogens (primary N) is 1. The Hall–Kier alpha value is -1.95. The fraction of sp³-hybridized carbons (Fsp3) is 0.273. The molecule has 1 aromatic carbocycles. The van der Waals surface area contributed by atoms with Crippen molar-refractivity contribution in [3.8, 4) is 0 Å². The Morgan fingerprint density at radius 3 is 2.71 bits per heavy atom. The van der Waals surface area contributed by atoms with E-state index in [4.69, 9.17) is 10.8 Å². The fourth-order valence-corrected chi connectivity index (χ4v) is 1.25. The molecule has 2 amide bonds. The molecule has 4 N–H and O–H groups in total. The molecule has 5 nitrogen and oxygen atoms in total. The molecule has 6 heteroatoms. The Morgan fingerprint density at radius 1 is 1.41 bits per heavy atom. The molecule has 0 aliphatic carbocycles. The Bertz CT molecular complexity index is 435. The van der Waals surface area contributed by atoms with Gasteiger partial charge in [0.2, 0.25) is 5.91 Å². The number of benzene rings is 1. The number of aliphatic hydroxyl groups excluding tert-OH is 1. The summed E-state index contributed by atoms with van der Waals surface area (Å²) in [6.45, 7) is -0.0800. The van der Waals surface area contributed by atoms with Crippen molar-refractivity contribution in [3.63, 3.8) is 0 Å². The summed E-state index contributed by atoms with van der Waals surface area (Å²) in [6.07, 6.45) is 0.496. The largest absolute Gasteiger partial charge is 0.396 e. The average molecular weight is 240 g/mol. The van der Waals surface area contributed by atoms with Crippen molar-refractivity contribution in [1.82, 2.24) is 0 Å². The van der Waals surface area contributed by atoms with Crippen molar-refractivity contribution >= 4 is 17.5 Å². The second-order valence-electron chi connectivity index (χ2n) is 3.43. The van der Waals surface area contributed by atoms with Crippen molar-refractivity contribution < 1.29 is 19.1 Å². The summed E-state index contributed by atoms with van der Waals surface area (Å²) >= 11 is 0. The van der Waals surface area contributed by atoms with Gasteiger partial charge in [0.1, 0.15) is 5.82 Å². The maximum absolute atomic E-state index is 13.1. The number of hydrogen-bond acceptors (Lipinski definition) is 3. The molecule has 0 aliphatic heterocycles. The van der Waals surface area contributed by atoms with Gasteiger partial charge < -0.3 is 16.2 Å². The van der Waals surface area contributed by atoms with E-state index in [0.29, 0.717) is 12.1 Å². The highest BCUT2D eigenvalue weighted by molar-refractivity contribution is 5.96. The monoisotopic (exact) mass is 240 g/mol. The van der Waals surface area contributed by atoms with E-state index in [0.717, 1.165) is 6.07 Å². The van der Waals surface area contributed by atoms with E-state index >= 15 is 0 Å². The van der Waals surface area contributed by atoms with Gasteiger partial charge in [-0.1, -0.05) is 0 Å². The molecule has 0 aliphatic rings. The minimum absolute atomic E-state index is 0.0800. The molecule has 0 saturated heterocycles. The number of nitrogens with one attached hydrogen (secondary N) is 1. The molecule has 0 fully saturated rings. The molecule has 92 valence electrons. The van der Waals surface area contributed by atoms with Gasteiger partial charge >= 0.3 is 0 Å². The fourth-order valence-electron chi connectivity index (χ4n) is 1.25. The third kappa shape index (κ3) is 3.84. The van der Waals surface area contributed by atoms with Crippen molar-refractivity contribution in [2.24, 2.45) is 5.73 Å². The molecule has 0 spiro atoms. The molecule has 1 rings (SSSR count). The smallest absolute Gasteiger partial charge is 0.251 e. The van der Waals surface area contributed by atoms with E-state index < -0.39 is 11.7 Å². The third-order valence-electron chi connectivity index (χ3n) is 2.08. The summed E-state index contributed by atoms with van der Waals surface area (Å²) < 4.78 is 13.1. The lowest BCUT2D eigenvalue weighted by molar-refractivity contribution is -0.116. The normalized spacial score (nSPS) is 10.0. The van der Waals surface area contributed by atoms with Gasteiger partial charge in [0.15, 0.2) is 0 Å². The zero-order valence-corrected chi connectivity index (χ0v) is 9.07. The summed E-state index contributed by atoms with van der Waals surface area (Å²) in [6, 6.07) is 3.56. The number of hydrogen-bond donors (Lipinski definition) is 3. The van der Waals surface area contributed by atoms with Crippen LogP contribution in [0.3, 0.4) is 0 Å². The number of halogens is 1. The van der Waals surface area contributed by atoms with Crippen LogP contribution in [0.15, 0.2) is 18.2 Å². The van der Waals surface area contributed by atoms with Crippen LogP contribution in [0.1, 0.15) is 23.2 Å². The highest BCUT2D eigenvalue weighted by atomic mass is 19.1. The lowest BCUT2D eigenvalue weighted by atomic mass is 10.1. The molecular weight excluding hydrogens is 227 g/mol. The SMILES string of the molecule is NC(=O)c1cc(NC(=O)CCCO)ccc1F. The first-order valence-corrected chi connectivity index (χ1v) is 5.04. The number of carbonyl (C=O) groups is 2. The zero-order valence-electron chi connectivity index (χ0n) is 9.07. The molecule has 0 saturated carbocycles. The minimum Gasteiger partial charge on any atom is -0.396 e. The van der Waals surface area contributed by atoms with Gasteiger partial charge in [-0.05, 0) is 24.6 Å². The van der Waals surface area contributed by atoms with Crippen LogP contribution in [-0.4, -0.2) is 23.5 Å². The number of carbonyl (C=O) groups excluding carboxylic acids is 2. The Balaban J connectivity index is 2.75. The molecule has 0 heterocycles. The minimum atomic E-state index is -0.894. The number of anilines is 1. The van der Waals surface area contributed by atoms with E-state index in [1.54, 1.807) is 0 Å². The second-order valence-corrected chi connectivity index (χ2v) is 3.43. The Morgan fingerprint density at radius 2 is 2.12 bits per heavy atom. The zero-order chi connectivity index (χ0) is 12.8. The number of aliphatic hydroxyl groups is 1. The van der Waals surface area contributed by atoms with Crippen LogP contribution in [0.5, 0.6) is 0 Å². The molecule has 0 unspecified atom stereocenters. The predicted molar refractivity (Wildman–Crippen MR) is 59.9 cm³/mol. The molecule has 0 atom stereocenters. The first kappa shape index (κ1) is 13.1. The number of amides is 2. The predicted octanol–water partition coefficient (Wildman–Crippen LogP) is 0.636. The summed E-state index contributed by atoms with van der Waals surface area (Å²) in [5.74, 6) is -1.94. The lowest BCUT2D eigenvalue weighted by Crippen LogP contribution is -2.15. The maximum Gasteiger partial charge on any atom is 0.251 e. The average Bonchev–Trinajstić information content (AvgIpc) is 2.28. The Kier molecular flexibility index (Phi) is 4.59. The van der Waals surface area contributed by atoms with Gasteiger partial charge in [-0.2, -0.15) is 0 Å². The van der Waals surface area contributed by atoms with E-state index in [-0.39, 0.29) is 24.5 Å². The first-order valence-electron chi connectivity index (χ1n) is 5.04. The topological polar surface area (TPSA) is 92.4 Å². The highest BCUT2D eigenvalue weighted by Crippen LogP contribution is 2.14. The summed E-state index contributed by atoms with van der Waals surface area (Å²) in [4.78, 5) is 22.2. The van der Waals surface area contributed by atoms with Crippen LogP contribution < -0.4 is 11.1 Å². The van der Waals surface area contributed by atoms with E-state index in [9.17, 15) is 14.0 Å². The van der Waals surface area contributed by atoms with Crippen molar-refractivity contribution in [1.29, 1.82) is 0 Å².